The predicted molar refractivity (Wildman–Crippen MR) is 112 cm³/mol. The van der Waals surface area contributed by atoms with E-state index in [-0.39, 0.29) is 24.0 Å². The van der Waals surface area contributed by atoms with Crippen LogP contribution in [0.1, 0.15) is 5.69 Å². The second kappa shape index (κ2) is 8.91. The summed E-state index contributed by atoms with van der Waals surface area (Å²) < 4.78 is 7.10. The Morgan fingerprint density at radius 2 is 2.20 bits per heavy atom. The van der Waals surface area contributed by atoms with Crippen LogP contribution in [0.2, 0.25) is 5.02 Å². The summed E-state index contributed by atoms with van der Waals surface area (Å²) in [6.45, 7) is 0.548. The number of nitrogens with one attached hydrogen (secondary N) is 1. The molecule has 0 atom stereocenters. The lowest BCUT2D eigenvalue weighted by Crippen LogP contribution is -2.23. The van der Waals surface area contributed by atoms with Gasteiger partial charge in [-0.25, -0.2) is 4.98 Å². The third-order valence-electron chi connectivity index (χ3n) is 3.49. The minimum atomic E-state index is 0. The average Bonchev–Trinajstić information content (AvgIpc) is 2.97. The number of benzene rings is 1. The Morgan fingerprint density at radius 1 is 1.36 bits per heavy atom. The third-order valence-corrected chi connectivity index (χ3v) is 3.78. The lowest BCUT2D eigenvalue weighted by Gasteiger charge is -2.08. The fourth-order valence-corrected chi connectivity index (χ4v) is 2.59. The highest BCUT2D eigenvalue weighted by atomic mass is 127. The molecule has 0 aliphatic heterocycles. The first-order chi connectivity index (χ1) is 11.7. The molecule has 132 valence electrons. The normalized spacial score (nSPS) is 11.2. The number of imidazole rings is 1. The number of nitrogens with two attached hydrogens (primary N) is 1. The molecule has 0 bridgehead atoms. The molecule has 1 aromatic carbocycles. The monoisotopic (exact) mass is 471 g/mol. The Labute approximate surface area is 168 Å². The summed E-state index contributed by atoms with van der Waals surface area (Å²) in [5, 5.41) is 3.52. The van der Waals surface area contributed by atoms with Crippen molar-refractivity contribution < 1.29 is 4.74 Å². The first-order valence-corrected chi connectivity index (χ1v) is 7.86. The van der Waals surface area contributed by atoms with Crippen LogP contribution in [0, 0.1) is 0 Å². The molecule has 0 saturated carbocycles. The average molecular weight is 472 g/mol. The summed E-state index contributed by atoms with van der Waals surface area (Å²) >= 11 is 6.08. The van der Waals surface area contributed by atoms with Crippen molar-refractivity contribution in [2.24, 2.45) is 10.7 Å². The van der Waals surface area contributed by atoms with E-state index < -0.39 is 0 Å². The zero-order chi connectivity index (χ0) is 16.9. The van der Waals surface area contributed by atoms with E-state index >= 15 is 0 Å². The number of halogens is 2. The van der Waals surface area contributed by atoms with E-state index in [0.717, 1.165) is 17.0 Å². The Bertz CT molecular complexity index is 847. The van der Waals surface area contributed by atoms with Gasteiger partial charge in [0.1, 0.15) is 11.4 Å². The fraction of sp³-hybridized carbons (Fsp3) is 0.176. The number of aromatic nitrogens is 2. The number of rotatable bonds is 5. The van der Waals surface area contributed by atoms with Crippen molar-refractivity contribution in [3.63, 3.8) is 0 Å². The number of aliphatic imine (C=N–C) groups is 1. The summed E-state index contributed by atoms with van der Waals surface area (Å²) in [5.74, 6) is 0.949. The highest BCUT2D eigenvalue weighted by Crippen LogP contribution is 2.26. The molecule has 2 heterocycles. The number of ether oxygens (including phenoxy) is 1. The van der Waals surface area contributed by atoms with Gasteiger partial charge in [-0.1, -0.05) is 17.7 Å². The molecular weight excluding hydrogens is 453 g/mol. The standard InChI is InChI=1S/C17H18ClN5O.HI/c1-24-15-6-5-12(10-14(15)18)22-17(19)20-8-7-13-11-23-9-3-2-4-16(23)21-13;/h2-6,9-11H,7-8H2,1H3,(H3,19,20,22);1H. The molecule has 3 N–H and O–H groups in total. The van der Waals surface area contributed by atoms with Crippen molar-refractivity contribution in [3.8, 4) is 5.75 Å². The molecule has 0 aliphatic rings. The van der Waals surface area contributed by atoms with E-state index in [1.165, 1.54) is 0 Å². The summed E-state index contributed by atoms with van der Waals surface area (Å²) in [5.41, 5.74) is 8.57. The van der Waals surface area contributed by atoms with Gasteiger partial charge in [0.25, 0.3) is 0 Å². The van der Waals surface area contributed by atoms with E-state index in [4.69, 9.17) is 22.1 Å². The maximum atomic E-state index is 6.08. The molecule has 0 amide bonds. The second-order valence-electron chi connectivity index (χ2n) is 5.19. The number of pyridine rings is 1. The lowest BCUT2D eigenvalue weighted by molar-refractivity contribution is 0.415. The van der Waals surface area contributed by atoms with Gasteiger partial charge < -0.3 is 20.2 Å². The first-order valence-electron chi connectivity index (χ1n) is 7.49. The van der Waals surface area contributed by atoms with E-state index in [9.17, 15) is 0 Å². The van der Waals surface area contributed by atoms with Crippen molar-refractivity contribution in [2.45, 2.75) is 6.42 Å². The molecular formula is C17H19ClIN5O. The number of hydrogen-bond donors (Lipinski definition) is 2. The minimum absolute atomic E-state index is 0. The van der Waals surface area contributed by atoms with Gasteiger partial charge in [-0.3, -0.25) is 4.99 Å². The number of anilines is 1. The van der Waals surface area contributed by atoms with Gasteiger partial charge in [0.15, 0.2) is 5.96 Å². The summed E-state index contributed by atoms with van der Waals surface area (Å²) in [7, 11) is 1.57. The van der Waals surface area contributed by atoms with Crippen LogP contribution in [0.5, 0.6) is 5.75 Å². The SMILES string of the molecule is COc1ccc(NC(N)=NCCc2cn3ccccc3n2)cc1Cl.I. The maximum Gasteiger partial charge on any atom is 0.193 e. The molecule has 0 radical (unpaired) electrons. The summed E-state index contributed by atoms with van der Waals surface area (Å²) in [6, 6.07) is 11.2. The van der Waals surface area contributed by atoms with Gasteiger partial charge in [0.2, 0.25) is 0 Å². The zero-order valence-electron chi connectivity index (χ0n) is 13.6. The van der Waals surface area contributed by atoms with Gasteiger partial charge in [0, 0.05) is 31.0 Å². The van der Waals surface area contributed by atoms with E-state index in [1.54, 1.807) is 19.2 Å². The number of hydrogen-bond acceptors (Lipinski definition) is 3. The van der Waals surface area contributed by atoms with Crippen LogP contribution in [0.3, 0.4) is 0 Å². The molecule has 2 aromatic heterocycles. The van der Waals surface area contributed by atoms with Gasteiger partial charge in [-0.05, 0) is 30.3 Å². The summed E-state index contributed by atoms with van der Waals surface area (Å²) in [4.78, 5) is 8.84. The Balaban J connectivity index is 0.00000225. The Hall–Kier alpha value is -2.00. The number of guanidine groups is 1. The molecule has 0 saturated heterocycles. The van der Waals surface area contributed by atoms with Crippen LogP contribution in [-0.4, -0.2) is 29.0 Å². The molecule has 25 heavy (non-hydrogen) atoms. The molecule has 0 fully saturated rings. The quantitative estimate of drug-likeness (QED) is 0.339. The molecule has 0 spiro atoms. The predicted octanol–water partition coefficient (Wildman–Crippen LogP) is 3.58. The molecule has 3 aromatic rings. The number of nitrogens with zero attached hydrogens (tertiary/aromatic N) is 3. The maximum absolute atomic E-state index is 6.08. The van der Waals surface area contributed by atoms with Crippen LogP contribution in [0.25, 0.3) is 5.65 Å². The molecule has 0 unspecified atom stereocenters. The second-order valence-corrected chi connectivity index (χ2v) is 5.60. The molecule has 3 rings (SSSR count). The lowest BCUT2D eigenvalue weighted by atomic mass is 10.3. The fourth-order valence-electron chi connectivity index (χ4n) is 2.33. The molecule has 6 nitrogen and oxygen atoms in total. The highest BCUT2D eigenvalue weighted by molar-refractivity contribution is 14.0. The van der Waals surface area contributed by atoms with Crippen molar-refractivity contribution in [3.05, 3.63) is 59.5 Å². The van der Waals surface area contributed by atoms with Gasteiger partial charge in [-0.2, -0.15) is 0 Å². The van der Waals surface area contributed by atoms with Gasteiger partial charge >= 0.3 is 0 Å². The van der Waals surface area contributed by atoms with E-state index in [1.807, 2.05) is 41.1 Å². The summed E-state index contributed by atoms with van der Waals surface area (Å²) in [6.07, 6.45) is 4.68. The smallest absolute Gasteiger partial charge is 0.193 e. The number of methoxy groups -OCH3 is 1. The van der Waals surface area contributed by atoms with Crippen LogP contribution in [0.4, 0.5) is 5.69 Å². The van der Waals surface area contributed by atoms with Crippen LogP contribution in [-0.2, 0) is 6.42 Å². The van der Waals surface area contributed by atoms with Crippen molar-refractivity contribution in [1.82, 2.24) is 9.38 Å². The Morgan fingerprint density at radius 3 is 2.92 bits per heavy atom. The van der Waals surface area contributed by atoms with Gasteiger partial charge in [0.05, 0.1) is 17.8 Å². The van der Waals surface area contributed by atoms with E-state index in [2.05, 4.69) is 15.3 Å². The minimum Gasteiger partial charge on any atom is -0.495 e. The number of fused-ring (bicyclic) bond motifs is 1. The highest BCUT2D eigenvalue weighted by Gasteiger charge is 2.03. The topological polar surface area (TPSA) is 76.9 Å². The van der Waals surface area contributed by atoms with E-state index in [0.29, 0.717) is 29.7 Å². The van der Waals surface area contributed by atoms with Gasteiger partial charge in [-0.15, -0.1) is 24.0 Å². The van der Waals surface area contributed by atoms with Crippen LogP contribution < -0.4 is 15.8 Å². The van der Waals surface area contributed by atoms with Crippen LogP contribution in [0.15, 0.2) is 53.8 Å². The molecule has 8 heteroatoms. The zero-order valence-corrected chi connectivity index (χ0v) is 16.7. The van der Waals surface area contributed by atoms with Crippen LogP contribution >= 0.6 is 35.6 Å². The van der Waals surface area contributed by atoms with Crippen molar-refractivity contribution >= 4 is 52.9 Å². The molecule has 0 aliphatic carbocycles. The van der Waals surface area contributed by atoms with Crippen molar-refractivity contribution in [2.75, 3.05) is 19.0 Å². The first kappa shape index (κ1) is 19.3. The third kappa shape index (κ3) is 4.99. The Kier molecular flexibility index (Phi) is 6.89. The van der Waals surface area contributed by atoms with Crippen molar-refractivity contribution in [1.29, 1.82) is 0 Å². The largest absolute Gasteiger partial charge is 0.495 e.